The van der Waals surface area contributed by atoms with Crippen molar-refractivity contribution in [2.45, 2.75) is 24.2 Å². The van der Waals surface area contributed by atoms with Crippen molar-refractivity contribution in [1.82, 2.24) is 10.2 Å². The minimum atomic E-state index is -0.251. The Morgan fingerprint density at radius 2 is 2.15 bits per heavy atom. The largest absolute Gasteiger partial charge is 0.343 e. The second-order valence-electron chi connectivity index (χ2n) is 4.74. The first-order chi connectivity index (χ1) is 9.66. The highest BCUT2D eigenvalue weighted by atomic mass is 32.1. The summed E-state index contributed by atoms with van der Waals surface area (Å²) in [5.41, 5.74) is 0.683. The number of carbonyl (C=O) groups excluding carboxylic acids is 2. The van der Waals surface area contributed by atoms with E-state index in [1.54, 1.807) is 6.07 Å². The Bertz CT molecular complexity index is 493. The van der Waals surface area contributed by atoms with Crippen molar-refractivity contribution in [3.05, 3.63) is 24.3 Å². The van der Waals surface area contributed by atoms with E-state index in [1.807, 2.05) is 23.1 Å². The second kappa shape index (κ2) is 7.19. The fourth-order valence-corrected chi connectivity index (χ4v) is 2.37. The molecule has 1 heterocycles. The molecule has 1 saturated heterocycles. The molecule has 2 rings (SSSR count). The lowest BCUT2D eigenvalue weighted by atomic mass is 10.3. The number of hydrogen-bond acceptors (Lipinski definition) is 3. The zero-order chi connectivity index (χ0) is 14.4. The van der Waals surface area contributed by atoms with Crippen molar-refractivity contribution in [3.63, 3.8) is 0 Å². The molecule has 0 saturated carbocycles. The average Bonchev–Trinajstić information content (AvgIpc) is 2.83. The predicted molar refractivity (Wildman–Crippen MR) is 81.1 cm³/mol. The van der Waals surface area contributed by atoms with Gasteiger partial charge >= 0.3 is 6.03 Å². The number of nitrogens with one attached hydrogen (secondary N) is 2. The van der Waals surface area contributed by atoms with Crippen LogP contribution in [0.15, 0.2) is 29.2 Å². The summed E-state index contributed by atoms with van der Waals surface area (Å²) in [5.74, 6) is 0.221. The smallest absolute Gasteiger partial charge is 0.319 e. The molecule has 0 aromatic heterocycles. The molecule has 0 spiro atoms. The number of para-hydroxylation sites is 1. The van der Waals surface area contributed by atoms with E-state index in [4.69, 9.17) is 0 Å². The van der Waals surface area contributed by atoms with E-state index in [2.05, 4.69) is 23.3 Å². The van der Waals surface area contributed by atoms with Gasteiger partial charge in [0.2, 0.25) is 5.91 Å². The molecule has 3 amide bonds. The van der Waals surface area contributed by atoms with Gasteiger partial charge in [-0.3, -0.25) is 4.79 Å². The highest BCUT2D eigenvalue weighted by Gasteiger charge is 2.18. The minimum absolute atomic E-state index is 0.221. The number of carbonyl (C=O) groups is 2. The highest BCUT2D eigenvalue weighted by Crippen LogP contribution is 2.18. The second-order valence-corrected chi connectivity index (χ2v) is 5.22. The number of urea groups is 1. The molecule has 6 heteroatoms. The van der Waals surface area contributed by atoms with Crippen LogP contribution in [0.2, 0.25) is 0 Å². The molecule has 0 bridgehead atoms. The number of rotatable bonds is 5. The van der Waals surface area contributed by atoms with Crippen molar-refractivity contribution in [2.24, 2.45) is 0 Å². The molecule has 0 aliphatic carbocycles. The van der Waals surface area contributed by atoms with E-state index in [1.165, 1.54) is 0 Å². The molecule has 1 aliphatic rings. The summed E-state index contributed by atoms with van der Waals surface area (Å²) < 4.78 is 0. The lowest BCUT2D eigenvalue weighted by molar-refractivity contribution is -0.127. The molecule has 2 N–H and O–H groups in total. The minimum Gasteiger partial charge on any atom is -0.343 e. The first-order valence-electron chi connectivity index (χ1n) is 6.77. The monoisotopic (exact) mass is 293 g/mol. The normalized spacial score (nSPS) is 14.4. The van der Waals surface area contributed by atoms with Crippen molar-refractivity contribution in [1.29, 1.82) is 0 Å². The molecular weight excluding hydrogens is 274 g/mol. The van der Waals surface area contributed by atoms with Gasteiger partial charge < -0.3 is 15.5 Å². The number of anilines is 1. The van der Waals surface area contributed by atoms with Crippen LogP contribution < -0.4 is 10.6 Å². The third kappa shape index (κ3) is 4.16. The Morgan fingerprint density at radius 3 is 2.85 bits per heavy atom. The van der Waals surface area contributed by atoms with Gasteiger partial charge in [-0.1, -0.05) is 12.1 Å². The zero-order valence-electron chi connectivity index (χ0n) is 11.3. The Hall–Kier alpha value is -1.69. The summed E-state index contributed by atoms with van der Waals surface area (Å²) in [6.45, 7) is 2.10. The number of hydrogen-bond donors (Lipinski definition) is 3. The van der Waals surface area contributed by atoms with Crippen LogP contribution in [0.4, 0.5) is 10.5 Å². The molecule has 5 nitrogen and oxygen atoms in total. The van der Waals surface area contributed by atoms with Crippen molar-refractivity contribution in [3.8, 4) is 0 Å². The molecule has 1 aromatic rings. The van der Waals surface area contributed by atoms with Crippen LogP contribution >= 0.6 is 12.6 Å². The maximum atomic E-state index is 11.7. The average molecular weight is 293 g/mol. The van der Waals surface area contributed by atoms with Crippen LogP contribution in [-0.2, 0) is 4.79 Å². The van der Waals surface area contributed by atoms with Gasteiger partial charge in [-0.25, -0.2) is 4.79 Å². The summed E-state index contributed by atoms with van der Waals surface area (Å²) in [7, 11) is 0. The van der Waals surface area contributed by atoms with Gasteiger partial charge in [-0.2, -0.15) is 0 Å². The fourth-order valence-electron chi connectivity index (χ4n) is 2.16. The Labute approximate surface area is 124 Å². The van der Waals surface area contributed by atoms with Gasteiger partial charge in [0.25, 0.3) is 0 Å². The molecule has 0 radical (unpaired) electrons. The van der Waals surface area contributed by atoms with E-state index in [0.29, 0.717) is 25.2 Å². The van der Waals surface area contributed by atoms with E-state index in [9.17, 15) is 9.59 Å². The van der Waals surface area contributed by atoms with Crippen LogP contribution in [0.25, 0.3) is 0 Å². The molecule has 20 heavy (non-hydrogen) atoms. The number of nitrogens with zero attached hydrogens (tertiary/aromatic N) is 1. The van der Waals surface area contributed by atoms with Crippen LogP contribution in [-0.4, -0.2) is 36.5 Å². The van der Waals surface area contributed by atoms with Crippen molar-refractivity contribution >= 4 is 30.3 Å². The molecular formula is C14H19N3O2S. The maximum absolute atomic E-state index is 11.7. The lowest BCUT2D eigenvalue weighted by Crippen LogP contribution is -2.33. The summed E-state index contributed by atoms with van der Waals surface area (Å²) in [6.07, 6.45) is 2.37. The van der Waals surface area contributed by atoms with Crippen LogP contribution in [0, 0.1) is 0 Å². The van der Waals surface area contributed by atoms with E-state index in [-0.39, 0.29) is 11.9 Å². The van der Waals surface area contributed by atoms with E-state index >= 15 is 0 Å². The standard InChI is InChI=1S/C14H19N3O2S/c18-13-7-3-9-17(13)10-4-8-15-14(19)16-11-5-1-2-6-12(11)20/h1-2,5-6,20H,3-4,7-10H2,(H2,15,16,19). The summed E-state index contributed by atoms with van der Waals surface area (Å²) in [4.78, 5) is 25.7. The van der Waals surface area contributed by atoms with E-state index < -0.39 is 0 Å². The van der Waals surface area contributed by atoms with Gasteiger partial charge in [0.15, 0.2) is 0 Å². The molecule has 0 atom stereocenters. The Morgan fingerprint density at radius 1 is 1.35 bits per heavy atom. The molecule has 1 fully saturated rings. The number of amides is 3. The first-order valence-corrected chi connectivity index (χ1v) is 7.22. The van der Waals surface area contributed by atoms with Gasteiger partial charge in [0.05, 0.1) is 5.69 Å². The van der Waals surface area contributed by atoms with Gasteiger partial charge in [-0.05, 0) is 25.0 Å². The highest BCUT2D eigenvalue weighted by molar-refractivity contribution is 7.80. The Balaban J connectivity index is 1.65. The summed E-state index contributed by atoms with van der Waals surface area (Å²) in [5, 5.41) is 5.52. The maximum Gasteiger partial charge on any atom is 0.319 e. The SMILES string of the molecule is O=C(NCCCN1CCCC1=O)Nc1ccccc1S. The third-order valence-corrected chi connectivity index (χ3v) is 3.60. The lowest BCUT2D eigenvalue weighted by Gasteiger charge is -2.15. The summed E-state index contributed by atoms with van der Waals surface area (Å²) >= 11 is 4.26. The van der Waals surface area contributed by atoms with Gasteiger partial charge in [-0.15, -0.1) is 12.6 Å². The zero-order valence-corrected chi connectivity index (χ0v) is 12.2. The number of likely N-dealkylation sites (tertiary alicyclic amines) is 1. The van der Waals surface area contributed by atoms with Crippen molar-refractivity contribution < 1.29 is 9.59 Å². The third-order valence-electron chi connectivity index (χ3n) is 3.21. The number of thiol groups is 1. The van der Waals surface area contributed by atoms with Gasteiger partial charge in [0, 0.05) is 31.0 Å². The topological polar surface area (TPSA) is 61.4 Å². The molecule has 108 valence electrons. The molecule has 0 unspecified atom stereocenters. The van der Waals surface area contributed by atoms with Crippen molar-refractivity contribution in [2.75, 3.05) is 25.0 Å². The first kappa shape index (κ1) is 14.7. The molecule has 1 aromatic carbocycles. The quantitative estimate of drug-likeness (QED) is 0.575. The van der Waals surface area contributed by atoms with Gasteiger partial charge in [0.1, 0.15) is 0 Å². The Kier molecular flexibility index (Phi) is 5.29. The summed E-state index contributed by atoms with van der Waals surface area (Å²) in [6, 6.07) is 7.06. The van der Waals surface area contributed by atoms with Crippen LogP contribution in [0.1, 0.15) is 19.3 Å². The number of benzene rings is 1. The molecule has 1 aliphatic heterocycles. The van der Waals surface area contributed by atoms with E-state index in [0.717, 1.165) is 24.3 Å². The predicted octanol–water partition coefficient (Wildman–Crippen LogP) is 2.11. The van der Waals surface area contributed by atoms with Crippen LogP contribution in [0.5, 0.6) is 0 Å². The fraction of sp³-hybridized carbons (Fsp3) is 0.429. The van der Waals surface area contributed by atoms with Crippen LogP contribution in [0.3, 0.4) is 0 Å².